The molecular weight excluding hydrogens is 232 g/mol. The van der Waals surface area contributed by atoms with Crippen molar-refractivity contribution in [3.63, 3.8) is 0 Å². The first kappa shape index (κ1) is 13.0. The van der Waals surface area contributed by atoms with E-state index in [1.807, 2.05) is 0 Å². The van der Waals surface area contributed by atoms with Crippen molar-refractivity contribution in [1.82, 2.24) is 9.88 Å². The lowest BCUT2D eigenvalue weighted by Crippen LogP contribution is -2.37. The van der Waals surface area contributed by atoms with Crippen LogP contribution in [0.25, 0.3) is 0 Å². The summed E-state index contributed by atoms with van der Waals surface area (Å²) in [6.45, 7) is 9.34. The van der Waals surface area contributed by atoms with Gasteiger partial charge >= 0.3 is 0 Å². The maximum Gasteiger partial charge on any atom is 0.0982 e. The van der Waals surface area contributed by atoms with E-state index in [1.54, 1.807) is 11.3 Å². The van der Waals surface area contributed by atoms with Crippen molar-refractivity contribution < 1.29 is 5.11 Å². The summed E-state index contributed by atoms with van der Waals surface area (Å²) in [6, 6.07) is 0. The number of β-amino-alcohol motifs (C(OH)–C–C–N with tert-alkyl or cyclic N) is 1. The number of piperidine rings is 1. The molecule has 0 unspecified atom stereocenters. The van der Waals surface area contributed by atoms with E-state index >= 15 is 0 Å². The van der Waals surface area contributed by atoms with Crippen LogP contribution in [0.5, 0.6) is 0 Å². The van der Waals surface area contributed by atoms with Crippen LogP contribution in [-0.4, -0.2) is 34.2 Å². The number of likely N-dealkylation sites (tertiary alicyclic amines) is 1. The molecule has 96 valence electrons. The summed E-state index contributed by atoms with van der Waals surface area (Å²) in [5.41, 5.74) is 1.29. The highest BCUT2D eigenvalue weighted by molar-refractivity contribution is 7.09. The van der Waals surface area contributed by atoms with Gasteiger partial charge in [-0.05, 0) is 19.4 Å². The quantitative estimate of drug-likeness (QED) is 0.880. The summed E-state index contributed by atoms with van der Waals surface area (Å²) < 4.78 is 0. The molecule has 1 aromatic heterocycles. The molecule has 0 aromatic carbocycles. The fraction of sp³-hybridized carbons (Fsp3) is 0.769. The lowest BCUT2D eigenvalue weighted by Gasteiger charge is -2.29. The number of rotatable bonds is 2. The van der Waals surface area contributed by atoms with Gasteiger partial charge in [-0.15, -0.1) is 11.3 Å². The number of hydrogen-bond donors (Lipinski definition) is 1. The normalized spacial score (nSPS) is 22.9. The predicted octanol–water partition coefficient (Wildman–Crippen LogP) is 2.40. The Labute approximate surface area is 107 Å². The third kappa shape index (κ3) is 3.50. The Hall–Kier alpha value is -0.450. The molecule has 0 saturated carbocycles. The summed E-state index contributed by atoms with van der Waals surface area (Å²) >= 11 is 1.75. The van der Waals surface area contributed by atoms with Crippen molar-refractivity contribution in [2.75, 3.05) is 13.1 Å². The first-order valence-electron chi connectivity index (χ1n) is 6.30. The van der Waals surface area contributed by atoms with Gasteiger partial charge in [0.25, 0.3) is 0 Å². The smallest absolute Gasteiger partial charge is 0.0982 e. The SMILES string of the molecule is CC(C)(C)c1nc(CN2CCC[C@@H](O)C2)cs1. The van der Waals surface area contributed by atoms with Crippen LogP contribution in [0.15, 0.2) is 5.38 Å². The number of aliphatic hydroxyl groups is 1. The Kier molecular flexibility index (Phi) is 3.85. The van der Waals surface area contributed by atoms with Crippen LogP contribution in [0.1, 0.15) is 44.3 Å². The van der Waals surface area contributed by atoms with Gasteiger partial charge in [-0.25, -0.2) is 4.98 Å². The average molecular weight is 254 g/mol. The van der Waals surface area contributed by atoms with E-state index in [-0.39, 0.29) is 11.5 Å². The number of nitrogens with zero attached hydrogens (tertiary/aromatic N) is 2. The van der Waals surface area contributed by atoms with Crippen molar-refractivity contribution in [3.05, 3.63) is 16.1 Å². The molecule has 1 aliphatic rings. The fourth-order valence-electron chi connectivity index (χ4n) is 2.13. The Bertz CT molecular complexity index is 370. The van der Waals surface area contributed by atoms with Gasteiger partial charge in [-0.1, -0.05) is 20.8 Å². The number of thiazole rings is 1. The summed E-state index contributed by atoms with van der Waals surface area (Å²) in [5, 5.41) is 13.0. The summed E-state index contributed by atoms with van der Waals surface area (Å²) in [7, 11) is 0. The van der Waals surface area contributed by atoms with Crippen LogP contribution in [0.2, 0.25) is 0 Å². The molecular formula is C13H22N2OS. The molecule has 17 heavy (non-hydrogen) atoms. The second kappa shape index (κ2) is 5.04. The second-order valence-electron chi connectivity index (χ2n) is 5.93. The second-order valence-corrected chi connectivity index (χ2v) is 6.78. The number of aromatic nitrogens is 1. The van der Waals surface area contributed by atoms with Gasteiger partial charge in [0.15, 0.2) is 0 Å². The average Bonchev–Trinajstić information content (AvgIpc) is 2.65. The monoisotopic (exact) mass is 254 g/mol. The zero-order valence-corrected chi connectivity index (χ0v) is 11.8. The van der Waals surface area contributed by atoms with Gasteiger partial charge in [0.05, 0.1) is 16.8 Å². The van der Waals surface area contributed by atoms with Gasteiger partial charge in [0.2, 0.25) is 0 Å². The van der Waals surface area contributed by atoms with Crippen molar-refractivity contribution in [2.24, 2.45) is 0 Å². The van der Waals surface area contributed by atoms with Gasteiger partial charge in [0, 0.05) is 23.9 Å². The third-order valence-electron chi connectivity index (χ3n) is 3.06. The zero-order chi connectivity index (χ0) is 12.5. The molecule has 1 atom stereocenters. The first-order chi connectivity index (χ1) is 7.95. The van der Waals surface area contributed by atoms with E-state index in [0.29, 0.717) is 0 Å². The Morgan fingerprint density at radius 1 is 1.53 bits per heavy atom. The Morgan fingerprint density at radius 2 is 2.29 bits per heavy atom. The van der Waals surface area contributed by atoms with Gasteiger partial charge in [-0.3, -0.25) is 4.90 Å². The summed E-state index contributed by atoms with van der Waals surface area (Å²) in [6.07, 6.45) is 1.89. The van der Waals surface area contributed by atoms with Crippen molar-refractivity contribution >= 4 is 11.3 Å². The Morgan fingerprint density at radius 3 is 2.88 bits per heavy atom. The Balaban J connectivity index is 1.97. The molecule has 1 saturated heterocycles. The maximum absolute atomic E-state index is 9.63. The van der Waals surface area contributed by atoms with Crippen LogP contribution in [-0.2, 0) is 12.0 Å². The molecule has 0 bridgehead atoms. The molecule has 2 rings (SSSR count). The molecule has 1 fully saturated rings. The van der Waals surface area contributed by atoms with E-state index in [9.17, 15) is 5.11 Å². The van der Waals surface area contributed by atoms with Crippen LogP contribution >= 0.6 is 11.3 Å². The minimum atomic E-state index is -0.149. The lowest BCUT2D eigenvalue weighted by atomic mass is 9.98. The minimum Gasteiger partial charge on any atom is -0.392 e. The van der Waals surface area contributed by atoms with E-state index < -0.39 is 0 Å². The molecule has 0 aliphatic carbocycles. The number of aliphatic hydroxyl groups excluding tert-OH is 1. The van der Waals surface area contributed by atoms with Crippen LogP contribution < -0.4 is 0 Å². The fourth-order valence-corrected chi connectivity index (χ4v) is 3.03. The third-order valence-corrected chi connectivity index (χ3v) is 4.38. The first-order valence-corrected chi connectivity index (χ1v) is 7.18. The van der Waals surface area contributed by atoms with E-state index in [2.05, 4.69) is 31.1 Å². The summed E-state index contributed by atoms with van der Waals surface area (Å²) in [4.78, 5) is 7.00. The highest BCUT2D eigenvalue weighted by atomic mass is 32.1. The van der Waals surface area contributed by atoms with Crippen LogP contribution in [0.4, 0.5) is 0 Å². The summed E-state index contributed by atoms with van der Waals surface area (Å²) in [5.74, 6) is 0. The van der Waals surface area contributed by atoms with Crippen LogP contribution in [0.3, 0.4) is 0 Å². The molecule has 3 nitrogen and oxygen atoms in total. The largest absolute Gasteiger partial charge is 0.392 e. The molecule has 1 aromatic rings. The number of hydrogen-bond acceptors (Lipinski definition) is 4. The minimum absolute atomic E-state index is 0.143. The molecule has 0 radical (unpaired) electrons. The molecule has 2 heterocycles. The lowest BCUT2D eigenvalue weighted by molar-refractivity contribution is 0.0662. The molecule has 0 spiro atoms. The highest BCUT2D eigenvalue weighted by Gasteiger charge is 2.21. The van der Waals surface area contributed by atoms with Crippen molar-refractivity contribution in [1.29, 1.82) is 0 Å². The van der Waals surface area contributed by atoms with Gasteiger partial charge < -0.3 is 5.11 Å². The van der Waals surface area contributed by atoms with Gasteiger partial charge in [0.1, 0.15) is 0 Å². The standard InChI is InChI=1S/C13H22N2OS/c1-13(2,3)12-14-10(9-17-12)7-15-6-4-5-11(16)8-15/h9,11,16H,4-8H2,1-3H3/t11-/m1/s1. The molecule has 1 aliphatic heterocycles. The van der Waals surface area contributed by atoms with Crippen molar-refractivity contribution in [3.8, 4) is 0 Å². The maximum atomic E-state index is 9.63. The van der Waals surface area contributed by atoms with Crippen LogP contribution in [0, 0.1) is 0 Å². The van der Waals surface area contributed by atoms with Crippen molar-refractivity contribution in [2.45, 2.75) is 51.7 Å². The van der Waals surface area contributed by atoms with Gasteiger partial charge in [-0.2, -0.15) is 0 Å². The van der Waals surface area contributed by atoms with E-state index in [0.717, 1.165) is 38.2 Å². The molecule has 4 heteroatoms. The van der Waals surface area contributed by atoms with E-state index in [1.165, 1.54) is 5.01 Å². The topological polar surface area (TPSA) is 36.4 Å². The highest BCUT2D eigenvalue weighted by Crippen LogP contribution is 2.26. The predicted molar refractivity (Wildman–Crippen MR) is 71.3 cm³/mol. The molecule has 1 N–H and O–H groups in total. The molecule has 0 amide bonds. The van der Waals surface area contributed by atoms with E-state index in [4.69, 9.17) is 4.98 Å². The zero-order valence-electron chi connectivity index (χ0n) is 10.9.